The summed E-state index contributed by atoms with van der Waals surface area (Å²) in [6.07, 6.45) is 3.54. The fraction of sp³-hybridized carbons (Fsp3) is 0.312. The molecule has 4 N–H and O–H groups in total. The molecule has 1 aliphatic carbocycles. The molecule has 0 spiro atoms. The minimum atomic E-state index is -0.217. The molecular weight excluding hydrogens is 486 g/mol. The molecule has 0 saturated heterocycles. The Kier molecular flexibility index (Phi) is 8.39. The second kappa shape index (κ2) is 12.3. The minimum Gasteiger partial charge on any atom is -0.494 e. The van der Waals surface area contributed by atoms with Gasteiger partial charge in [0, 0.05) is 12.2 Å². The van der Waals surface area contributed by atoms with Crippen LogP contribution in [0.15, 0.2) is 78.9 Å². The van der Waals surface area contributed by atoms with Gasteiger partial charge in [0.2, 0.25) is 0 Å². The van der Waals surface area contributed by atoms with E-state index in [9.17, 15) is 4.79 Å². The molecule has 3 aromatic carbocycles. The molecule has 0 bridgehead atoms. The van der Waals surface area contributed by atoms with Crippen LogP contribution in [0.4, 0.5) is 5.69 Å². The van der Waals surface area contributed by atoms with E-state index in [0.717, 1.165) is 58.4 Å². The SMILES string of the molecule is CCCOc1ccc(C(NCC2CC2)c2cccc(NC(=O)c3cc(C)nn3-c3cccc(CN)c3)c2)cc1. The number of rotatable bonds is 12. The van der Waals surface area contributed by atoms with Crippen LogP contribution in [0.1, 0.15) is 65.1 Å². The normalized spacial score (nSPS) is 13.7. The fourth-order valence-electron chi connectivity index (χ4n) is 4.68. The van der Waals surface area contributed by atoms with E-state index in [1.807, 2.05) is 61.5 Å². The van der Waals surface area contributed by atoms with Crippen LogP contribution in [0.5, 0.6) is 5.75 Å². The summed E-state index contributed by atoms with van der Waals surface area (Å²) in [5.74, 6) is 1.40. The molecule has 202 valence electrons. The van der Waals surface area contributed by atoms with Gasteiger partial charge < -0.3 is 21.1 Å². The number of amides is 1. The van der Waals surface area contributed by atoms with E-state index in [0.29, 0.717) is 18.8 Å². The molecule has 0 radical (unpaired) electrons. The number of carbonyl (C=O) groups is 1. The Morgan fingerprint density at radius 2 is 1.85 bits per heavy atom. The Bertz CT molecular complexity index is 1410. The van der Waals surface area contributed by atoms with E-state index in [2.05, 4.69) is 40.9 Å². The van der Waals surface area contributed by atoms with Gasteiger partial charge in [0.15, 0.2) is 0 Å². The lowest BCUT2D eigenvalue weighted by Crippen LogP contribution is -2.25. The molecule has 5 rings (SSSR count). The molecule has 7 nitrogen and oxygen atoms in total. The molecule has 1 heterocycles. The Morgan fingerprint density at radius 1 is 1.05 bits per heavy atom. The van der Waals surface area contributed by atoms with Gasteiger partial charge in [0.25, 0.3) is 5.91 Å². The first-order valence-corrected chi connectivity index (χ1v) is 13.8. The van der Waals surface area contributed by atoms with Crippen LogP contribution in [0, 0.1) is 12.8 Å². The molecule has 4 aromatic rings. The smallest absolute Gasteiger partial charge is 0.274 e. The van der Waals surface area contributed by atoms with Gasteiger partial charge in [-0.15, -0.1) is 0 Å². The van der Waals surface area contributed by atoms with Crippen molar-refractivity contribution in [2.45, 2.75) is 45.7 Å². The number of hydrogen-bond donors (Lipinski definition) is 3. The highest BCUT2D eigenvalue weighted by Gasteiger charge is 2.24. The summed E-state index contributed by atoms with van der Waals surface area (Å²) in [7, 11) is 0. The zero-order valence-corrected chi connectivity index (χ0v) is 22.7. The maximum Gasteiger partial charge on any atom is 0.274 e. The number of benzene rings is 3. The van der Waals surface area contributed by atoms with Gasteiger partial charge in [-0.3, -0.25) is 4.79 Å². The number of ether oxygens (including phenoxy) is 1. The molecular formula is C32H37N5O2. The third-order valence-corrected chi connectivity index (χ3v) is 6.93. The number of hydrogen-bond acceptors (Lipinski definition) is 5. The summed E-state index contributed by atoms with van der Waals surface area (Å²) in [4.78, 5) is 13.4. The first kappa shape index (κ1) is 26.7. The number of nitrogens with one attached hydrogen (secondary N) is 2. The standard InChI is InChI=1S/C32H37N5O2/c1-3-16-39-29-14-12-25(13-15-29)31(34-21-23-10-11-23)26-7-5-8-27(19-26)35-32(38)30-17-22(2)36-37(30)28-9-4-6-24(18-28)20-33/h4-9,12-15,17-19,23,31,34H,3,10-11,16,20-21,33H2,1-2H3,(H,35,38). The monoisotopic (exact) mass is 523 g/mol. The maximum absolute atomic E-state index is 13.4. The predicted octanol–water partition coefficient (Wildman–Crippen LogP) is 5.77. The van der Waals surface area contributed by atoms with Gasteiger partial charge in [0.1, 0.15) is 11.4 Å². The van der Waals surface area contributed by atoms with Crippen molar-refractivity contribution < 1.29 is 9.53 Å². The molecule has 1 amide bonds. The number of aryl methyl sites for hydroxylation is 1. The first-order valence-electron chi connectivity index (χ1n) is 13.8. The summed E-state index contributed by atoms with van der Waals surface area (Å²) in [6, 6.07) is 26.0. The number of nitrogens with two attached hydrogens (primary N) is 1. The van der Waals surface area contributed by atoms with E-state index >= 15 is 0 Å². The average Bonchev–Trinajstić information content (AvgIpc) is 3.71. The highest BCUT2D eigenvalue weighted by atomic mass is 16.5. The quantitative estimate of drug-likeness (QED) is 0.219. The van der Waals surface area contributed by atoms with Crippen molar-refractivity contribution >= 4 is 11.6 Å². The highest BCUT2D eigenvalue weighted by molar-refractivity contribution is 6.03. The Hall–Kier alpha value is -3.94. The summed E-state index contributed by atoms with van der Waals surface area (Å²) in [5, 5.41) is 11.4. The van der Waals surface area contributed by atoms with Crippen molar-refractivity contribution in [1.82, 2.24) is 15.1 Å². The van der Waals surface area contributed by atoms with Crippen molar-refractivity contribution in [1.29, 1.82) is 0 Å². The van der Waals surface area contributed by atoms with Gasteiger partial charge in [-0.2, -0.15) is 5.10 Å². The Morgan fingerprint density at radius 3 is 2.59 bits per heavy atom. The van der Waals surface area contributed by atoms with Crippen LogP contribution in [0.25, 0.3) is 5.69 Å². The summed E-state index contributed by atoms with van der Waals surface area (Å²) < 4.78 is 7.46. The lowest BCUT2D eigenvalue weighted by atomic mass is 9.97. The average molecular weight is 524 g/mol. The van der Waals surface area contributed by atoms with E-state index in [4.69, 9.17) is 10.5 Å². The highest BCUT2D eigenvalue weighted by Crippen LogP contribution is 2.31. The van der Waals surface area contributed by atoms with Gasteiger partial charge in [-0.25, -0.2) is 4.68 Å². The molecule has 7 heteroatoms. The van der Waals surface area contributed by atoms with E-state index < -0.39 is 0 Å². The van der Waals surface area contributed by atoms with Gasteiger partial charge in [-0.05, 0) is 97.8 Å². The maximum atomic E-state index is 13.4. The molecule has 1 saturated carbocycles. The molecule has 1 fully saturated rings. The van der Waals surface area contributed by atoms with Gasteiger partial charge >= 0.3 is 0 Å². The third-order valence-electron chi connectivity index (χ3n) is 6.93. The number of anilines is 1. The summed E-state index contributed by atoms with van der Waals surface area (Å²) in [5.41, 5.74) is 11.8. The summed E-state index contributed by atoms with van der Waals surface area (Å²) >= 11 is 0. The molecule has 39 heavy (non-hydrogen) atoms. The number of carbonyl (C=O) groups excluding carboxylic acids is 1. The van der Waals surface area contributed by atoms with Crippen molar-refractivity contribution in [3.63, 3.8) is 0 Å². The minimum absolute atomic E-state index is 0.00875. The molecule has 1 aliphatic rings. The number of aromatic nitrogens is 2. The first-order chi connectivity index (χ1) is 19.0. The second-order valence-corrected chi connectivity index (χ2v) is 10.2. The second-order valence-electron chi connectivity index (χ2n) is 10.2. The van der Waals surface area contributed by atoms with E-state index in [-0.39, 0.29) is 11.9 Å². The van der Waals surface area contributed by atoms with Crippen LogP contribution in [-0.2, 0) is 6.54 Å². The lowest BCUT2D eigenvalue weighted by Gasteiger charge is -2.21. The largest absolute Gasteiger partial charge is 0.494 e. The van der Waals surface area contributed by atoms with Gasteiger partial charge in [0.05, 0.1) is 24.0 Å². The van der Waals surface area contributed by atoms with Gasteiger partial charge in [-0.1, -0.05) is 43.3 Å². The van der Waals surface area contributed by atoms with Crippen molar-refractivity contribution in [3.8, 4) is 11.4 Å². The van der Waals surface area contributed by atoms with E-state index in [1.165, 1.54) is 12.8 Å². The topological polar surface area (TPSA) is 94.2 Å². The van der Waals surface area contributed by atoms with Crippen molar-refractivity contribution in [2.24, 2.45) is 11.7 Å². The Balaban J connectivity index is 1.38. The zero-order chi connectivity index (χ0) is 27.2. The molecule has 1 aromatic heterocycles. The van der Waals surface area contributed by atoms with E-state index in [1.54, 1.807) is 10.7 Å². The lowest BCUT2D eigenvalue weighted by molar-refractivity contribution is 0.101. The Labute approximate surface area is 230 Å². The molecule has 1 unspecified atom stereocenters. The predicted molar refractivity (Wildman–Crippen MR) is 155 cm³/mol. The summed E-state index contributed by atoms with van der Waals surface area (Å²) in [6.45, 7) is 6.09. The van der Waals surface area contributed by atoms with Crippen LogP contribution < -0.4 is 21.1 Å². The number of nitrogens with zero attached hydrogens (tertiary/aromatic N) is 2. The van der Waals surface area contributed by atoms with Crippen LogP contribution in [0.2, 0.25) is 0 Å². The molecule has 1 atom stereocenters. The van der Waals surface area contributed by atoms with Crippen molar-refractivity contribution in [3.05, 3.63) is 107 Å². The van der Waals surface area contributed by atoms with Crippen LogP contribution in [-0.4, -0.2) is 28.8 Å². The van der Waals surface area contributed by atoms with Crippen LogP contribution in [0.3, 0.4) is 0 Å². The zero-order valence-electron chi connectivity index (χ0n) is 22.7. The molecule has 0 aliphatic heterocycles. The van der Waals surface area contributed by atoms with Crippen LogP contribution >= 0.6 is 0 Å². The fourth-order valence-corrected chi connectivity index (χ4v) is 4.68. The third kappa shape index (κ3) is 6.74. The van der Waals surface area contributed by atoms with Crippen molar-refractivity contribution in [2.75, 3.05) is 18.5 Å².